The SMILES string of the molecule is CCC(NC(=O)[C@@H]1C[C@@H](S(=O)(=O)c2ccccc2)CN1C(C)=O)C(O)c1nc2ccccc2o1. The fraction of sp³-hybridized carbons (Fsp3) is 0.375. The van der Waals surface area contributed by atoms with Crippen LogP contribution in [0.5, 0.6) is 0 Å². The smallest absolute Gasteiger partial charge is 0.243 e. The molecule has 1 aliphatic rings. The van der Waals surface area contributed by atoms with Gasteiger partial charge in [-0.15, -0.1) is 0 Å². The van der Waals surface area contributed by atoms with Gasteiger partial charge in [0.05, 0.1) is 16.2 Å². The van der Waals surface area contributed by atoms with Gasteiger partial charge in [-0.1, -0.05) is 37.3 Å². The molecule has 1 fully saturated rings. The summed E-state index contributed by atoms with van der Waals surface area (Å²) in [4.78, 5) is 31.2. The molecule has 0 radical (unpaired) electrons. The van der Waals surface area contributed by atoms with Gasteiger partial charge in [0.25, 0.3) is 0 Å². The number of aliphatic hydroxyl groups excluding tert-OH is 1. The number of oxazole rings is 1. The normalized spacial score (nSPS) is 20.3. The van der Waals surface area contributed by atoms with E-state index >= 15 is 0 Å². The van der Waals surface area contributed by atoms with Crippen LogP contribution in [0.2, 0.25) is 0 Å². The summed E-state index contributed by atoms with van der Waals surface area (Å²) in [5.41, 5.74) is 1.11. The van der Waals surface area contributed by atoms with Gasteiger partial charge in [-0.3, -0.25) is 9.59 Å². The minimum absolute atomic E-state index is 0.0297. The van der Waals surface area contributed by atoms with Crippen molar-refractivity contribution in [1.82, 2.24) is 15.2 Å². The quantitative estimate of drug-likeness (QED) is 0.525. The second-order valence-electron chi connectivity index (χ2n) is 8.39. The topological polar surface area (TPSA) is 130 Å². The van der Waals surface area contributed by atoms with Gasteiger partial charge in [0.1, 0.15) is 11.6 Å². The largest absolute Gasteiger partial charge is 0.438 e. The van der Waals surface area contributed by atoms with E-state index in [0.717, 1.165) is 0 Å². The zero-order valence-electron chi connectivity index (χ0n) is 18.9. The van der Waals surface area contributed by atoms with Gasteiger partial charge in [-0.25, -0.2) is 13.4 Å². The molecule has 3 aromatic rings. The van der Waals surface area contributed by atoms with E-state index < -0.39 is 45.1 Å². The lowest BCUT2D eigenvalue weighted by Crippen LogP contribution is -2.49. The number of hydrogen-bond donors (Lipinski definition) is 2. The Labute approximate surface area is 197 Å². The van der Waals surface area contributed by atoms with Crippen LogP contribution in [-0.2, 0) is 19.4 Å². The molecule has 2 N–H and O–H groups in total. The molecule has 0 saturated carbocycles. The van der Waals surface area contributed by atoms with Crippen LogP contribution in [0.3, 0.4) is 0 Å². The number of rotatable bonds is 7. The van der Waals surface area contributed by atoms with Crippen LogP contribution in [0, 0.1) is 0 Å². The first-order valence-electron chi connectivity index (χ1n) is 11.1. The van der Waals surface area contributed by atoms with Crippen LogP contribution in [0.25, 0.3) is 11.1 Å². The second-order valence-corrected chi connectivity index (χ2v) is 10.6. The van der Waals surface area contributed by atoms with E-state index in [-0.39, 0.29) is 23.8 Å². The first kappa shape index (κ1) is 23.9. The Morgan fingerprint density at radius 2 is 1.85 bits per heavy atom. The molecule has 1 aliphatic heterocycles. The van der Waals surface area contributed by atoms with Gasteiger partial charge in [0.2, 0.25) is 17.7 Å². The predicted octanol–water partition coefficient (Wildman–Crippen LogP) is 2.22. The summed E-state index contributed by atoms with van der Waals surface area (Å²) in [7, 11) is -3.73. The zero-order valence-corrected chi connectivity index (χ0v) is 19.7. The Balaban J connectivity index is 1.52. The van der Waals surface area contributed by atoms with Crippen LogP contribution in [0.4, 0.5) is 0 Å². The average molecular weight is 486 g/mol. The summed E-state index contributed by atoms with van der Waals surface area (Å²) in [5, 5.41) is 12.7. The van der Waals surface area contributed by atoms with Gasteiger partial charge < -0.3 is 19.7 Å². The third-order valence-corrected chi connectivity index (χ3v) is 8.34. The summed E-state index contributed by atoms with van der Waals surface area (Å²) >= 11 is 0. The van der Waals surface area contributed by atoms with Crippen molar-refractivity contribution in [2.45, 2.75) is 55.0 Å². The van der Waals surface area contributed by atoms with Crippen molar-refractivity contribution in [3.63, 3.8) is 0 Å². The molecule has 0 bridgehead atoms. The van der Waals surface area contributed by atoms with Crippen LogP contribution < -0.4 is 5.32 Å². The number of nitrogens with zero attached hydrogens (tertiary/aromatic N) is 2. The standard InChI is InChI=1S/C24H27N3O6S/c1-3-18(22(29)24-26-19-11-7-8-12-21(19)33-24)25-23(30)20-13-17(14-27(20)15(2)28)34(31,32)16-9-5-4-6-10-16/h4-12,17-18,20,22,29H,3,13-14H2,1-2H3,(H,25,30)/t17-,18?,20+,22?/m1/s1. The van der Waals surface area contributed by atoms with E-state index in [9.17, 15) is 23.1 Å². The van der Waals surface area contributed by atoms with Crippen molar-refractivity contribution in [3.05, 3.63) is 60.5 Å². The van der Waals surface area contributed by atoms with E-state index in [4.69, 9.17) is 4.42 Å². The van der Waals surface area contributed by atoms with Crippen LogP contribution in [0.1, 0.15) is 38.7 Å². The van der Waals surface area contributed by atoms with Gasteiger partial charge in [0, 0.05) is 13.5 Å². The number of likely N-dealkylation sites (tertiary alicyclic amines) is 1. The summed E-state index contributed by atoms with van der Waals surface area (Å²) in [6.45, 7) is 3.02. The average Bonchev–Trinajstić information content (AvgIpc) is 3.48. The molecule has 9 nitrogen and oxygen atoms in total. The van der Waals surface area contributed by atoms with Gasteiger partial charge in [-0.05, 0) is 37.1 Å². The highest BCUT2D eigenvalue weighted by Gasteiger charge is 2.45. The molecule has 2 heterocycles. The molecule has 2 amide bonds. The number of fused-ring (bicyclic) bond motifs is 1. The first-order valence-corrected chi connectivity index (χ1v) is 12.7. The molecule has 1 saturated heterocycles. The van der Waals surface area contributed by atoms with Crippen LogP contribution in [0.15, 0.2) is 63.9 Å². The molecular weight excluding hydrogens is 458 g/mol. The molecule has 180 valence electrons. The van der Waals surface area contributed by atoms with E-state index in [1.165, 1.54) is 24.0 Å². The van der Waals surface area contributed by atoms with Crippen molar-refractivity contribution in [2.24, 2.45) is 0 Å². The molecule has 10 heteroatoms. The van der Waals surface area contributed by atoms with Crippen molar-refractivity contribution in [2.75, 3.05) is 6.54 Å². The van der Waals surface area contributed by atoms with Crippen molar-refractivity contribution in [1.29, 1.82) is 0 Å². The van der Waals surface area contributed by atoms with Gasteiger partial charge in [0.15, 0.2) is 21.5 Å². The molecule has 34 heavy (non-hydrogen) atoms. The lowest BCUT2D eigenvalue weighted by Gasteiger charge is -2.26. The Bertz CT molecular complexity index is 1260. The third kappa shape index (κ3) is 4.55. The summed E-state index contributed by atoms with van der Waals surface area (Å²) < 4.78 is 31.8. The number of sulfone groups is 1. The molecule has 4 rings (SSSR count). The number of para-hydroxylation sites is 2. The van der Waals surface area contributed by atoms with E-state index in [2.05, 4.69) is 10.3 Å². The monoisotopic (exact) mass is 485 g/mol. The molecule has 1 aromatic heterocycles. The molecule has 2 unspecified atom stereocenters. The van der Waals surface area contributed by atoms with Crippen molar-refractivity contribution >= 4 is 32.8 Å². The fourth-order valence-electron chi connectivity index (χ4n) is 4.29. The maximum Gasteiger partial charge on any atom is 0.243 e. The summed E-state index contributed by atoms with van der Waals surface area (Å²) in [6.07, 6.45) is -0.875. The molecule has 0 spiro atoms. The number of carbonyl (C=O) groups excluding carboxylic acids is 2. The minimum atomic E-state index is -3.73. The van der Waals surface area contributed by atoms with E-state index in [1.54, 1.807) is 49.4 Å². The Morgan fingerprint density at radius 3 is 2.50 bits per heavy atom. The maximum absolute atomic E-state index is 13.2. The lowest BCUT2D eigenvalue weighted by molar-refractivity contribution is -0.137. The molecular formula is C24H27N3O6S. The van der Waals surface area contributed by atoms with Crippen molar-refractivity contribution in [3.8, 4) is 0 Å². The number of aromatic nitrogens is 1. The van der Waals surface area contributed by atoms with Crippen LogP contribution in [-0.4, -0.2) is 59.1 Å². The number of carbonyl (C=O) groups is 2. The van der Waals surface area contributed by atoms with Crippen LogP contribution >= 0.6 is 0 Å². The summed E-state index contributed by atoms with van der Waals surface area (Å²) in [6, 6.07) is 13.4. The Hall–Kier alpha value is -3.24. The third-order valence-electron chi connectivity index (χ3n) is 6.19. The number of benzene rings is 2. The number of nitrogens with one attached hydrogen (secondary N) is 1. The lowest BCUT2D eigenvalue weighted by atomic mass is 10.1. The number of hydrogen-bond acceptors (Lipinski definition) is 7. The predicted molar refractivity (Wildman–Crippen MR) is 124 cm³/mol. The molecule has 0 aliphatic carbocycles. The maximum atomic E-state index is 13.2. The molecule has 2 aromatic carbocycles. The molecule has 4 atom stereocenters. The Kier molecular flexibility index (Phi) is 6.72. The fourth-order valence-corrected chi connectivity index (χ4v) is 6.01. The second kappa shape index (κ2) is 9.55. The Morgan fingerprint density at radius 1 is 1.18 bits per heavy atom. The van der Waals surface area contributed by atoms with E-state index in [1.807, 2.05) is 0 Å². The summed E-state index contributed by atoms with van der Waals surface area (Å²) in [5.74, 6) is -0.839. The number of amides is 2. The zero-order chi connectivity index (χ0) is 24.5. The first-order chi connectivity index (χ1) is 16.2. The highest BCUT2D eigenvalue weighted by atomic mass is 32.2. The van der Waals surface area contributed by atoms with E-state index in [0.29, 0.717) is 17.5 Å². The number of aliphatic hydroxyl groups is 1. The van der Waals surface area contributed by atoms with Crippen molar-refractivity contribution < 1.29 is 27.5 Å². The van der Waals surface area contributed by atoms with Gasteiger partial charge in [-0.2, -0.15) is 0 Å². The van der Waals surface area contributed by atoms with Gasteiger partial charge >= 0.3 is 0 Å². The minimum Gasteiger partial charge on any atom is -0.438 e. The highest BCUT2D eigenvalue weighted by Crippen LogP contribution is 2.29. The highest BCUT2D eigenvalue weighted by molar-refractivity contribution is 7.92.